The first-order valence-electron chi connectivity index (χ1n) is 8.46. The van der Waals surface area contributed by atoms with Crippen LogP contribution in [0.1, 0.15) is 55.7 Å². The number of aryl methyl sites for hydroxylation is 1. The van der Waals surface area contributed by atoms with E-state index in [2.05, 4.69) is 11.9 Å². The summed E-state index contributed by atoms with van der Waals surface area (Å²) in [6, 6.07) is 0. The van der Waals surface area contributed by atoms with Crippen LogP contribution in [0.3, 0.4) is 0 Å². The van der Waals surface area contributed by atoms with Crippen LogP contribution >= 0.6 is 0 Å². The summed E-state index contributed by atoms with van der Waals surface area (Å²) in [4.78, 5) is 38.7. The Morgan fingerprint density at radius 3 is 2.71 bits per heavy atom. The highest BCUT2D eigenvalue weighted by Crippen LogP contribution is 2.30. The number of rotatable bonds is 5. The van der Waals surface area contributed by atoms with Crippen molar-refractivity contribution < 1.29 is 9.59 Å². The molecule has 1 aliphatic carbocycles. The lowest BCUT2D eigenvalue weighted by Crippen LogP contribution is -2.33. The molecule has 1 amide bonds. The second-order valence-electron chi connectivity index (χ2n) is 6.41. The van der Waals surface area contributed by atoms with Gasteiger partial charge in [-0.3, -0.25) is 9.59 Å². The highest BCUT2D eigenvalue weighted by molar-refractivity contribution is 5.86. The van der Waals surface area contributed by atoms with Crippen molar-refractivity contribution in [3.63, 3.8) is 0 Å². The van der Waals surface area contributed by atoms with Crippen molar-refractivity contribution in [2.24, 2.45) is 17.6 Å². The third-order valence-electron chi connectivity index (χ3n) is 4.50. The van der Waals surface area contributed by atoms with Crippen LogP contribution in [0, 0.1) is 11.8 Å². The summed E-state index contributed by atoms with van der Waals surface area (Å²) >= 11 is 0. The van der Waals surface area contributed by atoms with E-state index in [1.165, 1.54) is 16.7 Å². The number of allylic oxidation sites excluding steroid dienone is 2. The van der Waals surface area contributed by atoms with E-state index in [9.17, 15) is 14.4 Å². The Labute approximate surface area is 141 Å². The molecular formula is C18H25N3O3. The van der Waals surface area contributed by atoms with Gasteiger partial charge in [0.05, 0.1) is 5.69 Å². The molecule has 0 bridgehead atoms. The molecule has 1 fully saturated rings. The summed E-state index contributed by atoms with van der Waals surface area (Å²) in [6.45, 7) is 4.06. The van der Waals surface area contributed by atoms with E-state index < -0.39 is 11.6 Å². The number of nitrogens with two attached hydrogens (primary N) is 1. The van der Waals surface area contributed by atoms with E-state index >= 15 is 0 Å². The molecule has 2 unspecified atom stereocenters. The van der Waals surface area contributed by atoms with Crippen molar-refractivity contribution in [1.82, 2.24) is 9.55 Å². The second-order valence-corrected chi connectivity index (χ2v) is 6.41. The van der Waals surface area contributed by atoms with Gasteiger partial charge in [-0.05, 0) is 31.3 Å². The van der Waals surface area contributed by atoms with Crippen LogP contribution in [0.4, 0.5) is 0 Å². The van der Waals surface area contributed by atoms with Gasteiger partial charge in [0.25, 0.3) is 0 Å². The molecule has 6 heteroatoms. The second kappa shape index (κ2) is 7.95. The maximum atomic E-state index is 12.9. The number of primary amides is 1. The van der Waals surface area contributed by atoms with Crippen molar-refractivity contribution in [1.29, 1.82) is 0 Å². The van der Waals surface area contributed by atoms with Crippen molar-refractivity contribution in [3.8, 4) is 0 Å². The van der Waals surface area contributed by atoms with Gasteiger partial charge in [-0.25, -0.2) is 9.36 Å². The fraction of sp³-hybridized carbons (Fsp3) is 0.500. The molecular weight excluding hydrogens is 306 g/mol. The van der Waals surface area contributed by atoms with E-state index in [-0.39, 0.29) is 11.8 Å². The number of carbonyl (C=O) groups excluding carboxylic acids is 2. The zero-order valence-corrected chi connectivity index (χ0v) is 14.2. The predicted octanol–water partition coefficient (Wildman–Crippen LogP) is 2.26. The molecule has 2 atom stereocenters. The number of hydrogen-bond donors (Lipinski definition) is 2. The van der Waals surface area contributed by atoms with Gasteiger partial charge >= 0.3 is 5.69 Å². The molecule has 1 heterocycles. The van der Waals surface area contributed by atoms with Crippen molar-refractivity contribution in [3.05, 3.63) is 40.1 Å². The molecule has 1 saturated carbocycles. The van der Waals surface area contributed by atoms with Crippen LogP contribution in [0.5, 0.6) is 0 Å². The average molecular weight is 331 g/mol. The van der Waals surface area contributed by atoms with E-state index in [1.807, 2.05) is 6.92 Å². The molecule has 1 aromatic heterocycles. The summed E-state index contributed by atoms with van der Waals surface area (Å²) in [5.41, 5.74) is 5.92. The largest absolute Gasteiger partial charge is 0.366 e. The standard InChI is InChI=1S/C18H25N3O3/c1-3-14-15(9-4-5-10-16(19)22)21(18(24)20-14)17(23)13-8-6-7-12(2)11-13/h4-5,9-10,12-13H,3,6-8,11H2,1-2H3,(H2,19,22)(H,20,24). The number of imidazole rings is 1. The van der Waals surface area contributed by atoms with Gasteiger partial charge in [-0.2, -0.15) is 0 Å². The lowest BCUT2D eigenvalue weighted by Gasteiger charge is -2.25. The third-order valence-corrected chi connectivity index (χ3v) is 4.50. The minimum atomic E-state index is -0.547. The summed E-state index contributed by atoms with van der Waals surface area (Å²) in [7, 11) is 0. The third kappa shape index (κ3) is 4.13. The van der Waals surface area contributed by atoms with E-state index in [0.717, 1.165) is 25.7 Å². The van der Waals surface area contributed by atoms with Crippen LogP contribution in [0.25, 0.3) is 6.08 Å². The molecule has 3 N–H and O–H groups in total. The van der Waals surface area contributed by atoms with Crippen LogP contribution in [0.15, 0.2) is 23.0 Å². The fourth-order valence-electron chi connectivity index (χ4n) is 3.29. The molecule has 0 radical (unpaired) electrons. The summed E-state index contributed by atoms with van der Waals surface area (Å²) in [5, 5.41) is 0. The molecule has 0 aliphatic heterocycles. The first-order valence-corrected chi connectivity index (χ1v) is 8.46. The normalized spacial score (nSPS) is 21.6. The highest BCUT2D eigenvalue weighted by Gasteiger charge is 2.28. The minimum absolute atomic E-state index is 0.111. The number of hydrogen-bond acceptors (Lipinski definition) is 3. The number of aromatic nitrogens is 2. The zero-order valence-electron chi connectivity index (χ0n) is 14.2. The summed E-state index contributed by atoms with van der Waals surface area (Å²) < 4.78 is 1.25. The smallest absolute Gasteiger partial charge is 0.333 e. The predicted molar refractivity (Wildman–Crippen MR) is 93.5 cm³/mol. The van der Waals surface area contributed by atoms with Gasteiger partial charge in [0, 0.05) is 17.7 Å². The Balaban J connectivity index is 2.34. The Hall–Kier alpha value is -2.37. The highest BCUT2D eigenvalue weighted by atomic mass is 16.2. The fourth-order valence-corrected chi connectivity index (χ4v) is 3.29. The summed E-state index contributed by atoms with van der Waals surface area (Å²) in [5.74, 6) is -0.291. The molecule has 1 aliphatic rings. The Morgan fingerprint density at radius 1 is 1.33 bits per heavy atom. The number of nitrogens with zero attached hydrogens (tertiary/aromatic N) is 1. The Kier molecular flexibility index (Phi) is 5.95. The van der Waals surface area contributed by atoms with Crippen LogP contribution in [0.2, 0.25) is 0 Å². The molecule has 24 heavy (non-hydrogen) atoms. The van der Waals surface area contributed by atoms with Gasteiger partial charge in [-0.15, -0.1) is 0 Å². The van der Waals surface area contributed by atoms with Gasteiger partial charge in [0.1, 0.15) is 0 Å². The number of aromatic amines is 1. The van der Waals surface area contributed by atoms with Crippen LogP contribution in [-0.2, 0) is 11.2 Å². The zero-order chi connectivity index (χ0) is 17.7. The molecule has 130 valence electrons. The molecule has 0 spiro atoms. The van der Waals surface area contributed by atoms with E-state index in [1.54, 1.807) is 12.2 Å². The quantitative estimate of drug-likeness (QED) is 0.639. The molecule has 0 aromatic carbocycles. The van der Waals surface area contributed by atoms with E-state index in [4.69, 9.17) is 5.73 Å². The van der Waals surface area contributed by atoms with Gasteiger partial charge in [-0.1, -0.05) is 38.8 Å². The monoisotopic (exact) mass is 331 g/mol. The molecule has 6 nitrogen and oxygen atoms in total. The lowest BCUT2D eigenvalue weighted by molar-refractivity contribution is -0.113. The SMILES string of the molecule is CCc1[nH]c(=O)n(C(=O)C2CCCC(C)C2)c1C=CC=CC(N)=O. The van der Waals surface area contributed by atoms with Crippen LogP contribution in [-0.4, -0.2) is 21.4 Å². The van der Waals surface area contributed by atoms with Crippen molar-refractivity contribution in [2.45, 2.75) is 46.0 Å². The van der Waals surface area contributed by atoms with Gasteiger partial charge < -0.3 is 10.7 Å². The number of amides is 1. The van der Waals surface area contributed by atoms with Gasteiger partial charge in [0.2, 0.25) is 11.8 Å². The first-order chi connectivity index (χ1) is 11.4. The topological polar surface area (TPSA) is 97.9 Å². The molecule has 0 saturated heterocycles. The number of H-pyrrole nitrogens is 1. The maximum absolute atomic E-state index is 12.9. The van der Waals surface area contributed by atoms with Crippen molar-refractivity contribution in [2.75, 3.05) is 0 Å². The Bertz CT molecular complexity index is 724. The minimum Gasteiger partial charge on any atom is -0.366 e. The maximum Gasteiger partial charge on any atom is 0.333 e. The first kappa shape index (κ1) is 18.0. The Morgan fingerprint density at radius 2 is 2.08 bits per heavy atom. The van der Waals surface area contributed by atoms with E-state index in [0.29, 0.717) is 23.7 Å². The molecule has 1 aromatic rings. The van der Waals surface area contributed by atoms with Crippen molar-refractivity contribution >= 4 is 17.9 Å². The van der Waals surface area contributed by atoms with Crippen LogP contribution < -0.4 is 11.4 Å². The summed E-state index contributed by atoms with van der Waals surface area (Å²) in [6.07, 6.45) is 10.4. The molecule has 2 rings (SSSR count). The van der Waals surface area contributed by atoms with Gasteiger partial charge in [0.15, 0.2) is 0 Å². The number of carbonyl (C=O) groups is 2. The lowest BCUT2D eigenvalue weighted by atomic mass is 9.82. The average Bonchev–Trinajstić information content (AvgIpc) is 2.86. The number of nitrogens with one attached hydrogen (secondary N) is 1.